The fourth-order valence-corrected chi connectivity index (χ4v) is 4.20. The molecule has 0 fully saturated rings. The minimum absolute atomic E-state index is 0.0887. The molecular formula is C16H16BrNOS. The molecule has 0 radical (unpaired) electrons. The Hall–Kier alpha value is -0.970. The summed E-state index contributed by atoms with van der Waals surface area (Å²) in [7, 11) is 1.70. The van der Waals surface area contributed by atoms with E-state index >= 15 is 0 Å². The molecule has 0 amide bonds. The van der Waals surface area contributed by atoms with Gasteiger partial charge in [-0.2, -0.15) is 0 Å². The molecule has 2 atom stereocenters. The first kappa shape index (κ1) is 14.0. The van der Waals surface area contributed by atoms with Crippen molar-refractivity contribution in [3.63, 3.8) is 0 Å². The lowest BCUT2D eigenvalue weighted by Crippen LogP contribution is -2.18. The first-order valence-corrected chi connectivity index (χ1v) is 8.20. The van der Waals surface area contributed by atoms with Gasteiger partial charge >= 0.3 is 0 Å². The number of halogens is 1. The van der Waals surface area contributed by atoms with E-state index in [0.717, 1.165) is 16.6 Å². The Kier molecular flexibility index (Phi) is 4.06. The average molecular weight is 350 g/mol. The van der Waals surface area contributed by atoms with E-state index < -0.39 is 0 Å². The highest BCUT2D eigenvalue weighted by atomic mass is 79.9. The molecule has 20 heavy (non-hydrogen) atoms. The van der Waals surface area contributed by atoms with Gasteiger partial charge in [-0.25, -0.2) is 0 Å². The van der Waals surface area contributed by atoms with Crippen LogP contribution >= 0.6 is 27.7 Å². The van der Waals surface area contributed by atoms with Gasteiger partial charge in [-0.3, -0.25) is 0 Å². The monoisotopic (exact) mass is 349 g/mol. The van der Waals surface area contributed by atoms with Crippen LogP contribution in [-0.2, 0) is 0 Å². The number of nitrogens with two attached hydrogens (primary N) is 1. The van der Waals surface area contributed by atoms with E-state index in [1.54, 1.807) is 7.11 Å². The predicted octanol–water partition coefficient (Wildman–Crippen LogP) is 4.69. The third-order valence-electron chi connectivity index (χ3n) is 3.60. The molecule has 1 aliphatic rings. The number of rotatable bonds is 2. The van der Waals surface area contributed by atoms with E-state index in [1.165, 1.54) is 16.0 Å². The predicted molar refractivity (Wildman–Crippen MR) is 87.3 cm³/mol. The third-order valence-corrected chi connectivity index (χ3v) is 5.48. The van der Waals surface area contributed by atoms with Gasteiger partial charge in [0.2, 0.25) is 0 Å². The third kappa shape index (κ3) is 2.73. The van der Waals surface area contributed by atoms with E-state index in [1.807, 2.05) is 17.8 Å². The molecule has 104 valence electrons. The first-order chi connectivity index (χ1) is 9.67. The molecule has 0 bridgehead atoms. The van der Waals surface area contributed by atoms with Crippen LogP contribution in [0.5, 0.6) is 5.75 Å². The van der Waals surface area contributed by atoms with Crippen molar-refractivity contribution >= 4 is 27.7 Å². The molecule has 2 aromatic rings. The number of fused-ring (bicyclic) bond motifs is 1. The van der Waals surface area contributed by atoms with Crippen LogP contribution in [0.4, 0.5) is 0 Å². The molecule has 4 heteroatoms. The lowest BCUT2D eigenvalue weighted by Gasteiger charge is -2.29. The van der Waals surface area contributed by atoms with Crippen LogP contribution in [0.2, 0.25) is 0 Å². The highest BCUT2D eigenvalue weighted by Gasteiger charge is 2.26. The molecule has 0 saturated heterocycles. The number of hydrogen-bond donors (Lipinski definition) is 1. The van der Waals surface area contributed by atoms with Gasteiger partial charge in [0.15, 0.2) is 0 Å². The van der Waals surface area contributed by atoms with Gasteiger partial charge in [0.05, 0.1) is 7.11 Å². The number of ether oxygens (including phenoxy) is 1. The summed E-state index contributed by atoms with van der Waals surface area (Å²) in [5, 5.41) is 0.401. The molecule has 2 nitrogen and oxygen atoms in total. The van der Waals surface area contributed by atoms with E-state index in [-0.39, 0.29) is 6.04 Å². The molecule has 0 aliphatic carbocycles. The summed E-state index contributed by atoms with van der Waals surface area (Å²) < 4.78 is 6.42. The minimum Gasteiger partial charge on any atom is -0.497 e. The largest absolute Gasteiger partial charge is 0.497 e. The Morgan fingerprint density at radius 3 is 2.65 bits per heavy atom. The zero-order chi connectivity index (χ0) is 14.1. The van der Waals surface area contributed by atoms with Crippen molar-refractivity contribution in [3.8, 4) is 5.75 Å². The standard InChI is InChI=1S/C16H16BrNOS/c1-19-12-6-7-13-14(18)9-15(20-16(13)8-12)10-2-4-11(17)5-3-10/h2-8,14-15H,9,18H2,1H3/t14-,15-/m0/s1. The summed E-state index contributed by atoms with van der Waals surface area (Å²) in [6, 6.07) is 14.8. The van der Waals surface area contributed by atoms with Crippen LogP contribution in [-0.4, -0.2) is 7.11 Å². The number of hydrogen-bond acceptors (Lipinski definition) is 3. The average Bonchev–Trinajstić information content (AvgIpc) is 2.47. The van der Waals surface area contributed by atoms with E-state index in [2.05, 4.69) is 52.3 Å². The molecule has 2 N–H and O–H groups in total. The summed E-state index contributed by atoms with van der Waals surface area (Å²) in [6.07, 6.45) is 0.964. The Bertz CT molecular complexity index is 614. The van der Waals surface area contributed by atoms with Crippen molar-refractivity contribution in [3.05, 3.63) is 58.1 Å². The Balaban J connectivity index is 1.92. The minimum atomic E-state index is 0.0887. The number of methoxy groups -OCH3 is 1. The normalized spacial score (nSPS) is 21.4. The number of thioether (sulfide) groups is 1. The highest BCUT2D eigenvalue weighted by Crippen LogP contribution is 2.48. The fourth-order valence-electron chi connectivity index (χ4n) is 2.49. The Morgan fingerprint density at radius 1 is 1.20 bits per heavy atom. The molecule has 0 unspecified atom stereocenters. The summed E-state index contributed by atoms with van der Waals surface area (Å²) in [6.45, 7) is 0. The maximum Gasteiger partial charge on any atom is 0.119 e. The molecule has 0 saturated carbocycles. The second-order valence-electron chi connectivity index (χ2n) is 4.90. The van der Waals surface area contributed by atoms with Gasteiger partial charge in [0.1, 0.15) is 5.75 Å². The van der Waals surface area contributed by atoms with Crippen molar-refractivity contribution in [2.75, 3.05) is 7.11 Å². The smallest absolute Gasteiger partial charge is 0.119 e. The molecule has 3 rings (SSSR count). The van der Waals surface area contributed by atoms with E-state index in [9.17, 15) is 0 Å². The highest BCUT2D eigenvalue weighted by molar-refractivity contribution is 9.10. The lowest BCUT2D eigenvalue weighted by atomic mass is 9.98. The Labute approximate surface area is 131 Å². The van der Waals surface area contributed by atoms with Gasteiger partial charge in [-0.15, -0.1) is 11.8 Å². The van der Waals surface area contributed by atoms with Gasteiger partial charge in [0, 0.05) is 20.7 Å². The van der Waals surface area contributed by atoms with Crippen molar-refractivity contribution in [1.29, 1.82) is 0 Å². The molecule has 1 aliphatic heterocycles. The summed E-state index contributed by atoms with van der Waals surface area (Å²) >= 11 is 5.35. The first-order valence-electron chi connectivity index (χ1n) is 6.53. The maximum atomic E-state index is 6.33. The van der Waals surface area contributed by atoms with Crippen molar-refractivity contribution in [2.24, 2.45) is 5.73 Å². The molecule has 0 aromatic heterocycles. The van der Waals surface area contributed by atoms with Crippen LogP contribution in [0.3, 0.4) is 0 Å². The van der Waals surface area contributed by atoms with Crippen molar-refractivity contribution in [2.45, 2.75) is 22.6 Å². The van der Waals surface area contributed by atoms with Crippen molar-refractivity contribution in [1.82, 2.24) is 0 Å². The summed E-state index contributed by atoms with van der Waals surface area (Å²) in [5.41, 5.74) is 8.88. The topological polar surface area (TPSA) is 35.2 Å². The van der Waals surface area contributed by atoms with Gasteiger partial charge in [-0.05, 0) is 41.8 Å². The summed E-state index contributed by atoms with van der Waals surface area (Å²) in [5.74, 6) is 0.889. The Morgan fingerprint density at radius 2 is 1.95 bits per heavy atom. The fraction of sp³-hybridized carbons (Fsp3) is 0.250. The van der Waals surface area contributed by atoms with Gasteiger partial charge < -0.3 is 10.5 Å². The quantitative estimate of drug-likeness (QED) is 0.853. The second-order valence-corrected chi connectivity index (χ2v) is 7.06. The molecule has 0 spiro atoms. The van der Waals surface area contributed by atoms with E-state index in [0.29, 0.717) is 5.25 Å². The van der Waals surface area contributed by atoms with Gasteiger partial charge in [0.25, 0.3) is 0 Å². The van der Waals surface area contributed by atoms with Gasteiger partial charge in [-0.1, -0.05) is 34.1 Å². The summed E-state index contributed by atoms with van der Waals surface area (Å²) in [4.78, 5) is 1.23. The van der Waals surface area contributed by atoms with Crippen LogP contribution in [0.15, 0.2) is 51.8 Å². The second kappa shape index (κ2) is 5.80. The van der Waals surface area contributed by atoms with Crippen LogP contribution in [0.1, 0.15) is 28.8 Å². The van der Waals surface area contributed by atoms with Crippen molar-refractivity contribution < 1.29 is 4.74 Å². The number of benzene rings is 2. The maximum absolute atomic E-state index is 6.33. The van der Waals surface area contributed by atoms with Crippen LogP contribution in [0.25, 0.3) is 0 Å². The van der Waals surface area contributed by atoms with Crippen LogP contribution < -0.4 is 10.5 Å². The lowest BCUT2D eigenvalue weighted by molar-refractivity contribution is 0.413. The zero-order valence-electron chi connectivity index (χ0n) is 11.2. The van der Waals surface area contributed by atoms with Crippen LogP contribution in [0, 0.1) is 0 Å². The molecule has 1 heterocycles. The SMILES string of the molecule is COc1ccc2c(c1)S[C@H](c1ccc(Br)cc1)C[C@@H]2N. The zero-order valence-corrected chi connectivity index (χ0v) is 13.6. The molecule has 2 aromatic carbocycles. The van der Waals surface area contributed by atoms with E-state index in [4.69, 9.17) is 10.5 Å². The molecular weight excluding hydrogens is 334 g/mol.